The van der Waals surface area contributed by atoms with E-state index in [1.165, 1.54) is 4.90 Å². The molecule has 1 aliphatic rings. The summed E-state index contributed by atoms with van der Waals surface area (Å²) in [6.45, 7) is 3.37. The van der Waals surface area contributed by atoms with Crippen LogP contribution in [-0.4, -0.2) is 35.2 Å². The number of carbonyl (C=O) groups excluding carboxylic acids is 1. The van der Waals surface area contributed by atoms with E-state index < -0.39 is 0 Å². The number of hydrogen-bond donors (Lipinski definition) is 1. The highest BCUT2D eigenvalue weighted by atomic mass is 35.5. The molecule has 1 amide bonds. The quantitative estimate of drug-likeness (QED) is 0.923. The van der Waals surface area contributed by atoms with Gasteiger partial charge >= 0.3 is 0 Å². The fourth-order valence-electron chi connectivity index (χ4n) is 2.19. The summed E-state index contributed by atoms with van der Waals surface area (Å²) >= 11 is 7.74. The maximum absolute atomic E-state index is 11.8. The normalized spacial score (nSPS) is 17.4. The second kappa shape index (κ2) is 8.13. The lowest BCUT2D eigenvalue weighted by atomic mass is 10.1. The largest absolute Gasteiger partial charge is 0.341 e. The Morgan fingerprint density at radius 2 is 1.90 bits per heavy atom. The fraction of sp³-hybridized carbons (Fsp3) is 0.500. The predicted molar refractivity (Wildman–Crippen MR) is 87.8 cm³/mol. The van der Waals surface area contributed by atoms with E-state index in [1.54, 1.807) is 6.92 Å². The van der Waals surface area contributed by atoms with Gasteiger partial charge in [0, 0.05) is 28.3 Å². The molecule has 0 bridgehead atoms. The zero-order chi connectivity index (χ0) is 13.8. The molecule has 3 nitrogen and oxygen atoms in total. The highest BCUT2D eigenvalue weighted by molar-refractivity contribution is 8.00. The predicted octanol–water partition coefficient (Wildman–Crippen LogP) is 3.19. The van der Waals surface area contributed by atoms with E-state index >= 15 is 0 Å². The highest BCUT2D eigenvalue weighted by Gasteiger charge is 2.24. The van der Waals surface area contributed by atoms with Crippen molar-refractivity contribution in [1.82, 2.24) is 4.90 Å². The number of hydrogen-bond acceptors (Lipinski definition) is 3. The van der Waals surface area contributed by atoms with Crippen LogP contribution < -0.4 is 5.73 Å². The molecule has 6 heteroatoms. The van der Waals surface area contributed by atoms with Gasteiger partial charge in [0.1, 0.15) is 0 Å². The Bertz CT molecular complexity index is 431. The third-order valence-corrected chi connectivity index (χ3v) is 4.86. The summed E-state index contributed by atoms with van der Waals surface area (Å²) in [4.78, 5) is 14.9. The summed E-state index contributed by atoms with van der Waals surface area (Å²) in [5, 5.41) is 1.33. The summed E-state index contributed by atoms with van der Waals surface area (Å²) in [6, 6.07) is 7.54. The molecule has 0 unspecified atom stereocenters. The molecule has 1 aromatic rings. The minimum atomic E-state index is -0.388. The molecule has 0 aliphatic carbocycles. The second-order valence-corrected chi connectivity index (χ2v) is 6.70. The Morgan fingerprint density at radius 1 is 1.35 bits per heavy atom. The Hall–Kier alpha value is -0.420. The molecular formula is C14H20Cl2N2OS. The molecule has 0 saturated carbocycles. The van der Waals surface area contributed by atoms with Gasteiger partial charge in [-0.2, -0.15) is 0 Å². The first-order chi connectivity index (χ1) is 9.06. The molecule has 112 valence electrons. The number of halogens is 2. The lowest BCUT2D eigenvalue weighted by molar-refractivity contribution is -0.132. The van der Waals surface area contributed by atoms with Gasteiger partial charge in [-0.3, -0.25) is 4.79 Å². The zero-order valence-electron chi connectivity index (χ0n) is 11.4. The minimum Gasteiger partial charge on any atom is -0.341 e. The Balaban J connectivity index is 0.00000200. The van der Waals surface area contributed by atoms with Crippen LogP contribution in [0.4, 0.5) is 0 Å². The van der Waals surface area contributed by atoms with Crippen molar-refractivity contribution >= 4 is 41.7 Å². The molecule has 1 fully saturated rings. The topological polar surface area (TPSA) is 46.3 Å². The van der Waals surface area contributed by atoms with E-state index in [-0.39, 0.29) is 24.4 Å². The molecule has 0 radical (unpaired) electrons. The molecule has 1 saturated heterocycles. The molecule has 0 spiro atoms. The van der Waals surface area contributed by atoms with E-state index in [0.717, 1.165) is 31.0 Å². The van der Waals surface area contributed by atoms with Gasteiger partial charge in [-0.15, -0.1) is 24.2 Å². The van der Waals surface area contributed by atoms with Gasteiger partial charge in [0.05, 0.1) is 6.04 Å². The van der Waals surface area contributed by atoms with Crippen LogP contribution in [0.5, 0.6) is 0 Å². The lowest BCUT2D eigenvalue weighted by Crippen LogP contribution is -2.46. The Morgan fingerprint density at radius 3 is 2.40 bits per heavy atom. The summed E-state index contributed by atoms with van der Waals surface area (Å²) in [6.07, 6.45) is 2.04. The number of carbonyl (C=O) groups is 1. The first kappa shape index (κ1) is 17.6. The standard InChI is InChI=1S/C14H19ClN2OS.ClH/c1-10(16)14(18)17-8-6-13(7-9-17)19-12-4-2-11(15)3-5-12;/h2-5,10,13H,6-9,16H2,1H3;1H/t10-;/m1./s1. The average molecular weight is 335 g/mol. The van der Waals surface area contributed by atoms with Crippen molar-refractivity contribution < 1.29 is 4.79 Å². The van der Waals surface area contributed by atoms with Crippen LogP contribution in [0.1, 0.15) is 19.8 Å². The van der Waals surface area contributed by atoms with Crippen molar-refractivity contribution in [3.8, 4) is 0 Å². The zero-order valence-corrected chi connectivity index (χ0v) is 13.8. The fourth-order valence-corrected chi connectivity index (χ4v) is 3.44. The molecule has 2 N–H and O–H groups in total. The van der Waals surface area contributed by atoms with Gasteiger partial charge < -0.3 is 10.6 Å². The van der Waals surface area contributed by atoms with Crippen LogP contribution in [-0.2, 0) is 4.79 Å². The maximum atomic E-state index is 11.8. The third kappa shape index (κ3) is 4.85. The first-order valence-corrected chi connectivity index (χ1v) is 7.78. The van der Waals surface area contributed by atoms with Gasteiger partial charge in [-0.25, -0.2) is 0 Å². The van der Waals surface area contributed by atoms with Crippen LogP contribution in [0, 0.1) is 0 Å². The van der Waals surface area contributed by atoms with Gasteiger partial charge in [-0.1, -0.05) is 11.6 Å². The molecule has 1 aromatic carbocycles. The van der Waals surface area contributed by atoms with Crippen LogP contribution in [0.15, 0.2) is 29.2 Å². The van der Waals surface area contributed by atoms with Crippen molar-refractivity contribution in [2.75, 3.05) is 13.1 Å². The maximum Gasteiger partial charge on any atom is 0.239 e. The van der Waals surface area contributed by atoms with Crippen molar-refractivity contribution in [3.05, 3.63) is 29.3 Å². The number of benzene rings is 1. The molecule has 1 atom stereocenters. The molecule has 2 rings (SSSR count). The summed E-state index contributed by atoms with van der Waals surface area (Å²) < 4.78 is 0. The van der Waals surface area contributed by atoms with Crippen molar-refractivity contribution in [2.45, 2.75) is 36.0 Å². The van der Waals surface area contributed by atoms with Gasteiger partial charge in [-0.05, 0) is 44.0 Å². The van der Waals surface area contributed by atoms with E-state index in [0.29, 0.717) is 5.25 Å². The van der Waals surface area contributed by atoms with Crippen molar-refractivity contribution in [1.29, 1.82) is 0 Å². The Kier molecular flexibility index (Phi) is 7.17. The van der Waals surface area contributed by atoms with Crippen LogP contribution >= 0.6 is 35.8 Å². The second-order valence-electron chi connectivity index (χ2n) is 4.89. The van der Waals surface area contributed by atoms with Gasteiger partial charge in [0.2, 0.25) is 5.91 Å². The minimum absolute atomic E-state index is 0. The monoisotopic (exact) mass is 334 g/mol. The average Bonchev–Trinajstić information content (AvgIpc) is 2.41. The van der Waals surface area contributed by atoms with Crippen LogP contribution in [0.3, 0.4) is 0 Å². The number of amides is 1. The first-order valence-electron chi connectivity index (χ1n) is 6.53. The Labute approximate surface area is 135 Å². The van der Waals surface area contributed by atoms with Gasteiger partial charge in [0.15, 0.2) is 0 Å². The molecule has 20 heavy (non-hydrogen) atoms. The van der Waals surface area contributed by atoms with Gasteiger partial charge in [0.25, 0.3) is 0 Å². The number of nitrogens with two attached hydrogens (primary N) is 1. The molecule has 1 aliphatic heterocycles. The number of nitrogens with zero attached hydrogens (tertiary/aromatic N) is 1. The third-order valence-electron chi connectivity index (χ3n) is 3.26. The number of likely N-dealkylation sites (tertiary alicyclic amines) is 1. The van der Waals surface area contributed by atoms with E-state index in [4.69, 9.17) is 17.3 Å². The summed E-state index contributed by atoms with van der Waals surface area (Å²) in [7, 11) is 0. The van der Waals surface area contributed by atoms with E-state index in [2.05, 4.69) is 0 Å². The molecular weight excluding hydrogens is 315 g/mol. The number of thioether (sulfide) groups is 1. The van der Waals surface area contributed by atoms with E-state index in [1.807, 2.05) is 40.9 Å². The van der Waals surface area contributed by atoms with Crippen LogP contribution in [0.25, 0.3) is 0 Å². The number of piperidine rings is 1. The smallest absolute Gasteiger partial charge is 0.239 e. The SMILES string of the molecule is C[C@@H](N)C(=O)N1CCC(Sc2ccc(Cl)cc2)CC1.Cl. The summed E-state index contributed by atoms with van der Waals surface area (Å²) in [5.74, 6) is 0.0648. The summed E-state index contributed by atoms with van der Waals surface area (Å²) in [5.41, 5.74) is 5.63. The molecule has 0 aromatic heterocycles. The lowest BCUT2D eigenvalue weighted by Gasteiger charge is -2.32. The van der Waals surface area contributed by atoms with Crippen molar-refractivity contribution in [3.63, 3.8) is 0 Å². The van der Waals surface area contributed by atoms with Crippen molar-refractivity contribution in [2.24, 2.45) is 5.73 Å². The number of rotatable bonds is 3. The van der Waals surface area contributed by atoms with E-state index in [9.17, 15) is 4.79 Å². The molecule has 1 heterocycles. The highest BCUT2D eigenvalue weighted by Crippen LogP contribution is 2.31. The van der Waals surface area contributed by atoms with Crippen LogP contribution in [0.2, 0.25) is 5.02 Å².